The van der Waals surface area contributed by atoms with Gasteiger partial charge in [0, 0.05) is 20.1 Å². The van der Waals surface area contributed by atoms with E-state index in [1.807, 2.05) is 43.3 Å². The number of aliphatic carboxylic acids is 1. The van der Waals surface area contributed by atoms with Crippen molar-refractivity contribution >= 4 is 35.6 Å². The third-order valence-corrected chi connectivity index (χ3v) is 6.90. The van der Waals surface area contributed by atoms with E-state index in [0.717, 1.165) is 10.5 Å². The van der Waals surface area contributed by atoms with Crippen LogP contribution in [0.4, 0.5) is 4.79 Å². The highest BCUT2D eigenvalue weighted by atomic mass is 32.2. The molecule has 1 aromatic rings. The fourth-order valence-electron chi connectivity index (χ4n) is 4.35. The fourth-order valence-corrected chi connectivity index (χ4v) is 4.91. The van der Waals surface area contributed by atoms with Crippen molar-refractivity contribution in [2.45, 2.75) is 38.5 Å². The van der Waals surface area contributed by atoms with E-state index < -0.39 is 36.5 Å². The second kappa shape index (κ2) is 11.9. The van der Waals surface area contributed by atoms with E-state index in [1.54, 1.807) is 17.4 Å². The minimum absolute atomic E-state index is 0.0829. The van der Waals surface area contributed by atoms with Crippen molar-refractivity contribution in [3.63, 3.8) is 0 Å². The number of carbonyl (C=O) groups excluding carboxylic acids is 3. The third-order valence-electron chi connectivity index (χ3n) is 5.99. The molecule has 35 heavy (non-hydrogen) atoms. The molecule has 1 unspecified atom stereocenters. The predicted molar refractivity (Wildman–Crippen MR) is 133 cm³/mol. The smallest absolute Gasteiger partial charge is 0.334 e. The number of urea groups is 1. The molecule has 11 heteroatoms. The number of rotatable bonds is 9. The maximum absolute atomic E-state index is 13.3. The second-order valence-electron chi connectivity index (χ2n) is 8.27. The molecule has 2 saturated heterocycles. The van der Waals surface area contributed by atoms with Crippen LogP contribution in [0.3, 0.4) is 0 Å². The fraction of sp³-hybridized carbons (Fsp3) is 0.417. The SMILES string of the molecule is C=CS/C(=C\C)CCN1C[C@H]2N(C(=O)CN(C)N2C(=O)NCc2ccccc2)C(CC(=O)O)C1=O. The quantitative estimate of drug-likeness (QED) is 0.533. The van der Waals surface area contributed by atoms with Crippen LogP contribution in [0.15, 0.2) is 53.3 Å². The molecule has 2 atom stereocenters. The van der Waals surface area contributed by atoms with E-state index >= 15 is 0 Å². The van der Waals surface area contributed by atoms with Crippen LogP contribution in [-0.2, 0) is 20.9 Å². The van der Waals surface area contributed by atoms with Crippen LogP contribution in [0.1, 0.15) is 25.3 Å². The maximum atomic E-state index is 13.3. The van der Waals surface area contributed by atoms with Crippen molar-refractivity contribution in [3.8, 4) is 0 Å². The Morgan fingerprint density at radius 2 is 1.97 bits per heavy atom. The molecule has 2 heterocycles. The summed E-state index contributed by atoms with van der Waals surface area (Å²) in [4.78, 5) is 54.9. The van der Waals surface area contributed by atoms with E-state index in [2.05, 4.69) is 11.9 Å². The van der Waals surface area contributed by atoms with Gasteiger partial charge in [-0.25, -0.2) is 14.8 Å². The molecule has 2 aliphatic rings. The zero-order valence-corrected chi connectivity index (χ0v) is 20.7. The molecule has 0 aliphatic carbocycles. The Labute approximate surface area is 209 Å². The van der Waals surface area contributed by atoms with Crippen LogP contribution in [0.2, 0.25) is 0 Å². The highest BCUT2D eigenvalue weighted by Crippen LogP contribution is 2.28. The standard InChI is InChI=1S/C24H31N5O5S/c1-4-18(35-5-2)11-12-27-15-20-28(19(23(27)33)13-22(31)32)21(30)16-26(3)29(20)24(34)25-14-17-9-7-6-8-10-17/h4-10,19-20H,2,11-16H2,1,3H3,(H,25,34)(H,31,32)/b18-4-/t19?,20-/m0/s1. The van der Waals surface area contributed by atoms with Gasteiger partial charge in [-0.15, -0.1) is 11.8 Å². The van der Waals surface area contributed by atoms with Crippen molar-refractivity contribution in [2.24, 2.45) is 0 Å². The minimum Gasteiger partial charge on any atom is -0.481 e. The number of fused-ring (bicyclic) bond motifs is 1. The Morgan fingerprint density at radius 3 is 2.60 bits per heavy atom. The van der Waals surface area contributed by atoms with Gasteiger partial charge in [0.2, 0.25) is 11.8 Å². The van der Waals surface area contributed by atoms with Crippen LogP contribution < -0.4 is 5.32 Å². The van der Waals surface area contributed by atoms with Gasteiger partial charge in [0.05, 0.1) is 19.5 Å². The minimum atomic E-state index is -1.19. The second-order valence-corrected chi connectivity index (χ2v) is 9.37. The van der Waals surface area contributed by atoms with E-state index in [-0.39, 0.29) is 25.5 Å². The Morgan fingerprint density at radius 1 is 1.26 bits per heavy atom. The molecular formula is C24H31N5O5S. The first-order valence-electron chi connectivity index (χ1n) is 11.3. The molecule has 2 aliphatic heterocycles. The Hall–Kier alpha value is -3.31. The summed E-state index contributed by atoms with van der Waals surface area (Å²) in [6, 6.07) is 7.80. The first kappa shape index (κ1) is 26.3. The Bertz CT molecular complexity index is 1000. The van der Waals surface area contributed by atoms with E-state index in [4.69, 9.17) is 0 Å². The van der Waals surface area contributed by atoms with E-state index in [9.17, 15) is 24.3 Å². The number of likely N-dealkylation sites (N-methyl/N-ethyl adjacent to an activating group) is 1. The molecule has 4 amide bonds. The number of carboxylic acid groups (broad SMARTS) is 1. The van der Waals surface area contributed by atoms with Crippen LogP contribution in [0, 0.1) is 0 Å². The summed E-state index contributed by atoms with van der Waals surface area (Å²) < 4.78 is 0. The first-order valence-corrected chi connectivity index (χ1v) is 12.2. The molecule has 0 aromatic heterocycles. The number of piperazine rings is 1. The molecule has 0 spiro atoms. The number of hydrogen-bond donors (Lipinski definition) is 2. The first-order chi connectivity index (χ1) is 16.8. The summed E-state index contributed by atoms with van der Waals surface area (Å²) in [6.07, 6.45) is 1.14. The number of nitrogens with zero attached hydrogens (tertiary/aromatic N) is 4. The number of carboxylic acids is 1. The molecule has 10 nitrogen and oxygen atoms in total. The van der Waals surface area contributed by atoms with Crippen LogP contribution >= 0.6 is 11.8 Å². The summed E-state index contributed by atoms with van der Waals surface area (Å²) in [5, 5.41) is 17.0. The van der Waals surface area contributed by atoms with Gasteiger partial charge >= 0.3 is 12.0 Å². The molecule has 188 valence electrons. The van der Waals surface area contributed by atoms with E-state index in [0.29, 0.717) is 13.0 Å². The van der Waals surface area contributed by atoms with Gasteiger partial charge in [-0.05, 0) is 29.2 Å². The van der Waals surface area contributed by atoms with Gasteiger partial charge in [0.1, 0.15) is 12.2 Å². The summed E-state index contributed by atoms with van der Waals surface area (Å²) >= 11 is 1.46. The Balaban J connectivity index is 1.85. The van der Waals surface area contributed by atoms with Gasteiger partial charge in [-0.3, -0.25) is 14.4 Å². The van der Waals surface area contributed by atoms with E-state index in [1.165, 1.54) is 26.7 Å². The molecule has 0 radical (unpaired) electrons. The van der Waals surface area contributed by atoms with Crippen molar-refractivity contribution < 1.29 is 24.3 Å². The van der Waals surface area contributed by atoms with Gasteiger partial charge in [0.15, 0.2) is 0 Å². The molecule has 2 fully saturated rings. The van der Waals surface area contributed by atoms with Gasteiger partial charge in [-0.1, -0.05) is 43.0 Å². The van der Waals surface area contributed by atoms with Gasteiger partial charge in [-0.2, -0.15) is 0 Å². The number of hydrazine groups is 1. The van der Waals surface area contributed by atoms with Crippen molar-refractivity contribution in [1.82, 2.24) is 25.1 Å². The largest absolute Gasteiger partial charge is 0.481 e. The topological polar surface area (TPSA) is 114 Å². The van der Waals surface area contributed by atoms with Crippen molar-refractivity contribution in [1.29, 1.82) is 0 Å². The average molecular weight is 502 g/mol. The number of carbonyl (C=O) groups is 4. The van der Waals surface area contributed by atoms with Crippen LogP contribution in [0.25, 0.3) is 0 Å². The zero-order valence-electron chi connectivity index (χ0n) is 19.9. The molecule has 0 bridgehead atoms. The maximum Gasteiger partial charge on any atom is 0.334 e. The number of benzene rings is 1. The number of nitrogens with one attached hydrogen (secondary N) is 1. The molecule has 2 N–H and O–H groups in total. The van der Waals surface area contributed by atoms with Crippen LogP contribution in [-0.4, -0.2) is 87.6 Å². The summed E-state index contributed by atoms with van der Waals surface area (Å²) in [5.74, 6) is -2.00. The zero-order chi connectivity index (χ0) is 25.5. The number of allylic oxidation sites excluding steroid dienone is 1. The lowest BCUT2D eigenvalue weighted by molar-refractivity contribution is -0.188. The monoisotopic (exact) mass is 501 g/mol. The predicted octanol–water partition coefficient (Wildman–Crippen LogP) is 2.07. The Kier molecular flexibility index (Phi) is 8.94. The number of amides is 4. The van der Waals surface area contributed by atoms with Gasteiger partial charge in [0.25, 0.3) is 0 Å². The van der Waals surface area contributed by atoms with Crippen molar-refractivity contribution in [3.05, 3.63) is 58.9 Å². The lowest BCUT2D eigenvalue weighted by Gasteiger charge is -2.54. The van der Waals surface area contributed by atoms with Gasteiger partial charge < -0.3 is 20.2 Å². The molecular weight excluding hydrogens is 470 g/mol. The number of hydrogen-bond acceptors (Lipinski definition) is 6. The molecule has 3 rings (SSSR count). The summed E-state index contributed by atoms with van der Waals surface area (Å²) in [6.45, 7) is 6.17. The highest BCUT2D eigenvalue weighted by molar-refractivity contribution is 8.05. The number of thioether (sulfide) groups is 1. The summed E-state index contributed by atoms with van der Waals surface area (Å²) in [7, 11) is 1.63. The molecule has 0 saturated carbocycles. The third kappa shape index (κ3) is 6.23. The lowest BCUT2D eigenvalue weighted by atomic mass is 10.0. The lowest BCUT2D eigenvalue weighted by Crippen LogP contribution is -2.76. The average Bonchev–Trinajstić information content (AvgIpc) is 2.82. The normalized spacial score (nSPS) is 21.1. The highest BCUT2D eigenvalue weighted by Gasteiger charge is 2.51. The van der Waals surface area contributed by atoms with Crippen molar-refractivity contribution in [2.75, 3.05) is 26.7 Å². The summed E-state index contributed by atoms with van der Waals surface area (Å²) in [5.41, 5.74) is 0.913. The van der Waals surface area contributed by atoms with Crippen LogP contribution in [0.5, 0.6) is 0 Å². The molecule has 1 aromatic carbocycles.